The van der Waals surface area contributed by atoms with Crippen molar-refractivity contribution in [3.8, 4) is 0 Å². The molecule has 1 aromatic heterocycles. The minimum atomic E-state index is 0.248. The van der Waals surface area contributed by atoms with Crippen molar-refractivity contribution in [2.75, 3.05) is 55.7 Å². The lowest BCUT2D eigenvalue weighted by Gasteiger charge is -2.34. The lowest BCUT2D eigenvalue weighted by molar-refractivity contribution is 0.0980. The van der Waals surface area contributed by atoms with E-state index in [1.54, 1.807) is 0 Å². The second kappa shape index (κ2) is 6.07. The van der Waals surface area contributed by atoms with Crippen molar-refractivity contribution in [3.63, 3.8) is 0 Å². The van der Waals surface area contributed by atoms with E-state index in [0.717, 1.165) is 32.7 Å². The third-order valence-electron chi connectivity index (χ3n) is 3.61. The summed E-state index contributed by atoms with van der Waals surface area (Å²) in [6.45, 7) is 7.91. The summed E-state index contributed by atoms with van der Waals surface area (Å²) in [5.74, 6) is 1.31. The third kappa shape index (κ3) is 2.94. The summed E-state index contributed by atoms with van der Waals surface area (Å²) < 4.78 is 5.45. The maximum Gasteiger partial charge on any atom is 0.231 e. The van der Waals surface area contributed by atoms with Crippen LogP contribution in [0.1, 0.15) is 6.92 Å². The van der Waals surface area contributed by atoms with Gasteiger partial charge in [-0.1, -0.05) is 0 Å². The zero-order valence-corrected chi connectivity index (χ0v) is 12.3. The van der Waals surface area contributed by atoms with Gasteiger partial charge >= 0.3 is 0 Å². The lowest BCUT2D eigenvalue weighted by atomic mass is 10.3. The van der Waals surface area contributed by atoms with E-state index in [2.05, 4.69) is 37.0 Å². The Labute approximate surface area is 123 Å². The van der Waals surface area contributed by atoms with Gasteiger partial charge < -0.3 is 19.9 Å². The highest BCUT2D eigenvalue weighted by Gasteiger charge is 2.24. The van der Waals surface area contributed by atoms with Gasteiger partial charge in [0.05, 0.1) is 19.3 Å². The van der Waals surface area contributed by atoms with Crippen molar-refractivity contribution < 1.29 is 4.74 Å². The van der Waals surface area contributed by atoms with Crippen LogP contribution < -0.4 is 15.1 Å². The highest BCUT2D eigenvalue weighted by Crippen LogP contribution is 2.20. The zero-order chi connectivity index (χ0) is 13.9. The summed E-state index contributed by atoms with van der Waals surface area (Å²) in [6.07, 6.45) is 0. The van der Waals surface area contributed by atoms with Gasteiger partial charge in [0.15, 0.2) is 0 Å². The van der Waals surface area contributed by atoms with Crippen molar-refractivity contribution in [1.82, 2.24) is 20.3 Å². The molecule has 2 aliphatic heterocycles. The van der Waals surface area contributed by atoms with Crippen LogP contribution in [0.25, 0.3) is 0 Å². The molecule has 0 saturated carbocycles. The maximum absolute atomic E-state index is 6.07. The number of nitrogens with one attached hydrogen (secondary N) is 1. The average molecular weight is 299 g/mol. The lowest BCUT2D eigenvalue weighted by Crippen LogP contribution is -2.46. The first-order chi connectivity index (χ1) is 9.74. The summed E-state index contributed by atoms with van der Waals surface area (Å²) in [5.41, 5.74) is 0. The standard InChI is InChI=1S/C12H19ClN6O/c1-9-8-20-7-6-19(9)12-16-10(13)15-11(17-12)18-4-2-14-3-5-18/h9,14H,2-8H2,1H3/t9-/m0/s1. The molecule has 2 saturated heterocycles. The Morgan fingerprint density at radius 1 is 1.15 bits per heavy atom. The smallest absolute Gasteiger partial charge is 0.231 e. The molecule has 2 aliphatic rings. The normalized spacial score (nSPS) is 24.0. The molecule has 1 N–H and O–H groups in total. The maximum atomic E-state index is 6.07. The van der Waals surface area contributed by atoms with Gasteiger partial charge in [-0.15, -0.1) is 0 Å². The van der Waals surface area contributed by atoms with E-state index < -0.39 is 0 Å². The van der Waals surface area contributed by atoms with Gasteiger partial charge in [-0.3, -0.25) is 0 Å². The van der Waals surface area contributed by atoms with Gasteiger partial charge in [-0.25, -0.2) is 0 Å². The number of hydrogen-bond donors (Lipinski definition) is 1. The van der Waals surface area contributed by atoms with Crippen molar-refractivity contribution in [3.05, 3.63) is 5.28 Å². The molecule has 1 aromatic rings. The van der Waals surface area contributed by atoms with Crippen molar-refractivity contribution in [2.24, 2.45) is 0 Å². The number of ether oxygens (including phenoxy) is 1. The molecule has 0 bridgehead atoms. The number of piperazine rings is 1. The molecule has 0 amide bonds. The highest BCUT2D eigenvalue weighted by atomic mass is 35.5. The van der Waals surface area contributed by atoms with Crippen molar-refractivity contribution >= 4 is 23.5 Å². The van der Waals surface area contributed by atoms with Crippen LogP contribution in [-0.4, -0.2) is 66.9 Å². The van der Waals surface area contributed by atoms with Crippen LogP contribution in [0.2, 0.25) is 5.28 Å². The first-order valence-corrected chi connectivity index (χ1v) is 7.33. The van der Waals surface area contributed by atoms with Crippen molar-refractivity contribution in [2.45, 2.75) is 13.0 Å². The molecule has 1 atom stereocenters. The zero-order valence-electron chi connectivity index (χ0n) is 11.5. The molecule has 3 rings (SSSR count). The van der Waals surface area contributed by atoms with Crippen LogP contribution in [0.4, 0.5) is 11.9 Å². The van der Waals surface area contributed by atoms with Gasteiger partial charge in [0.25, 0.3) is 0 Å². The second-order valence-electron chi connectivity index (χ2n) is 5.06. The monoisotopic (exact) mass is 298 g/mol. The molecule has 110 valence electrons. The summed E-state index contributed by atoms with van der Waals surface area (Å²) in [5, 5.41) is 3.56. The Bertz CT molecular complexity index is 467. The summed E-state index contributed by atoms with van der Waals surface area (Å²) >= 11 is 6.07. The molecule has 2 fully saturated rings. The van der Waals surface area contributed by atoms with E-state index in [4.69, 9.17) is 16.3 Å². The molecule has 0 unspecified atom stereocenters. The fraction of sp³-hybridized carbons (Fsp3) is 0.750. The van der Waals surface area contributed by atoms with E-state index in [9.17, 15) is 0 Å². The molecule has 8 heteroatoms. The van der Waals surface area contributed by atoms with E-state index >= 15 is 0 Å². The van der Waals surface area contributed by atoms with Gasteiger partial charge in [0.2, 0.25) is 17.2 Å². The molecule has 0 radical (unpaired) electrons. The van der Waals surface area contributed by atoms with Gasteiger partial charge in [-0.05, 0) is 18.5 Å². The quantitative estimate of drug-likeness (QED) is 0.834. The number of nitrogens with zero attached hydrogens (tertiary/aromatic N) is 5. The molecular formula is C12H19ClN6O. The number of morpholine rings is 1. The number of halogens is 1. The Hall–Kier alpha value is -1.18. The first-order valence-electron chi connectivity index (χ1n) is 6.95. The molecular weight excluding hydrogens is 280 g/mol. The third-order valence-corrected chi connectivity index (χ3v) is 3.78. The van der Waals surface area contributed by atoms with E-state index in [1.165, 1.54) is 0 Å². The molecule has 0 aliphatic carbocycles. The minimum absolute atomic E-state index is 0.248. The predicted molar refractivity (Wildman–Crippen MR) is 77.5 cm³/mol. The number of aromatic nitrogens is 3. The number of rotatable bonds is 2. The van der Waals surface area contributed by atoms with Crippen LogP contribution in [0, 0.1) is 0 Å². The predicted octanol–water partition coefficient (Wildman–Crippen LogP) is 0.160. The molecule has 3 heterocycles. The topological polar surface area (TPSA) is 66.4 Å². The molecule has 0 spiro atoms. The van der Waals surface area contributed by atoms with Crippen LogP contribution in [0.15, 0.2) is 0 Å². The SMILES string of the molecule is C[C@H]1COCCN1c1nc(Cl)nc(N2CCNCC2)n1. The molecule has 20 heavy (non-hydrogen) atoms. The van der Waals surface area contributed by atoms with Crippen LogP contribution in [-0.2, 0) is 4.74 Å². The van der Waals surface area contributed by atoms with Crippen LogP contribution in [0.5, 0.6) is 0 Å². The fourth-order valence-corrected chi connectivity index (χ4v) is 2.64. The second-order valence-corrected chi connectivity index (χ2v) is 5.40. The highest BCUT2D eigenvalue weighted by molar-refractivity contribution is 6.28. The van der Waals surface area contributed by atoms with E-state index in [-0.39, 0.29) is 11.3 Å². The van der Waals surface area contributed by atoms with E-state index in [1.807, 2.05) is 0 Å². The molecule has 0 aromatic carbocycles. The van der Waals surface area contributed by atoms with Gasteiger partial charge in [0.1, 0.15) is 0 Å². The fourth-order valence-electron chi connectivity index (χ4n) is 2.49. The summed E-state index contributed by atoms with van der Waals surface area (Å²) in [4.78, 5) is 17.4. The Morgan fingerprint density at radius 2 is 1.90 bits per heavy atom. The minimum Gasteiger partial charge on any atom is -0.377 e. The van der Waals surface area contributed by atoms with Crippen LogP contribution >= 0.6 is 11.6 Å². The van der Waals surface area contributed by atoms with Crippen LogP contribution in [0.3, 0.4) is 0 Å². The number of hydrogen-bond acceptors (Lipinski definition) is 7. The Kier molecular flexibility index (Phi) is 4.18. The van der Waals surface area contributed by atoms with Crippen molar-refractivity contribution in [1.29, 1.82) is 0 Å². The Morgan fingerprint density at radius 3 is 2.65 bits per heavy atom. The summed E-state index contributed by atoms with van der Waals surface area (Å²) in [6, 6.07) is 0.248. The molecule has 7 nitrogen and oxygen atoms in total. The average Bonchev–Trinajstić information content (AvgIpc) is 2.48. The largest absolute Gasteiger partial charge is 0.377 e. The van der Waals surface area contributed by atoms with Gasteiger partial charge in [0, 0.05) is 32.7 Å². The number of anilines is 2. The Balaban J connectivity index is 1.85. The van der Waals surface area contributed by atoms with Gasteiger partial charge in [-0.2, -0.15) is 15.0 Å². The van der Waals surface area contributed by atoms with E-state index in [0.29, 0.717) is 25.1 Å². The first kappa shape index (κ1) is 13.8. The summed E-state index contributed by atoms with van der Waals surface area (Å²) in [7, 11) is 0.